The number of carboxylic acids is 1. The van der Waals surface area contributed by atoms with Gasteiger partial charge in [0, 0.05) is 6.20 Å². The van der Waals surface area contributed by atoms with Gasteiger partial charge in [0.2, 0.25) is 0 Å². The zero-order valence-electron chi connectivity index (χ0n) is 8.54. The molecule has 0 radical (unpaired) electrons. The number of nitrogens with zero attached hydrogens (tertiary/aromatic N) is 2. The van der Waals surface area contributed by atoms with E-state index in [1.54, 1.807) is 17.5 Å². The molecule has 0 aromatic carbocycles. The normalized spacial score (nSPS) is 10.8. The fourth-order valence-corrected chi connectivity index (χ4v) is 2.28. The Bertz CT molecular complexity index is 688. The summed E-state index contributed by atoms with van der Waals surface area (Å²) in [7, 11) is 0. The molecule has 0 fully saturated rings. The van der Waals surface area contributed by atoms with Crippen LogP contribution in [0.5, 0.6) is 0 Å². The molecule has 17 heavy (non-hydrogen) atoms. The summed E-state index contributed by atoms with van der Waals surface area (Å²) < 4.78 is 0. The van der Waals surface area contributed by atoms with Gasteiger partial charge in [0.05, 0.1) is 16.8 Å². The Hall–Kier alpha value is -2.21. The Kier molecular flexibility index (Phi) is 2.15. The van der Waals surface area contributed by atoms with Gasteiger partial charge in [-0.2, -0.15) is 0 Å². The van der Waals surface area contributed by atoms with E-state index in [0.717, 1.165) is 4.88 Å². The van der Waals surface area contributed by atoms with Crippen molar-refractivity contribution >= 4 is 28.5 Å². The first-order chi connectivity index (χ1) is 8.25. The van der Waals surface area contributed by atoms with Crippen LogP contribution >= 0.6 is 11.3 Å². The van der Waals surface area contributed by atoms with Crippen molar-refractivity contribution in [2.45, 2.75) is 0 Å². The Labute approximate surface area is 99.8 Å². The van der Waals surface area contributed by atoms with Gasteiger partial charge >= 0.3 is 5.97 Å². The van der Waals surface area contributed by atoms with E-state index in [-0.39, 0.29) is 5.56 Å². The van der Waals surface area contributed by atoms with Gasteiger partial charge in [-0.15, -0.1) is 11.3 Å². The molecule has 0 atom stereocenters. The molecular weight excluding hydrogens is 238 g/mol. The number of hydrogen-bond donors (Lipinski definition) is 2. The minimum Gasteiger partial charge on any atom is -0.478 e. The Morgan fingerprint density at radius 1 is 1.47 bits per heavy atom. The van der Waals surface area contributed by atoms with Crippen LogP contribution in [0.25, 0.3) is 21.7 Å². The minimum atomic E-state index is -1.01. The quantitative estimate of drug-likeness (QED) is 0.726. The molecule has 0 aliphatic carbocycles. The summed E-state index contributed by atoms with van der Waals surface area (Å²) in [4.78, 5) is 23.2. The number of carboxylic acid groups (broad SMARTS) is 1. The number of carbonyl (C=O) groups is 1. The maximum atomic E-state index is 11.0. The van der Waals surface area contributed by atoms with E-state index < -0.39 is 5.97 Å². The molecule has 0 amide bonds. The van der Waals surface area contributed by atoms with Crippen molar-refractivity contribution in [2.75, 3.05) is 0 Å². The van der Waals surface area contributed by atoms with Crippen LogP contribution < -0.4 is 0 Å². The molecule has 0 saturated carbocycles. The molecule has 3 aromatic rings. The first-order valence-corrected chi connectivity index (χ1v) is 5.75. The van der Waals surface area contributed by atoms with E-state index in [1.165, 1.54) is 6.20 Å². The van der Waals surface area contributed by atoms with Crippen molar-refractivity contribution in [3.05, 3.63) is 35.5 Å². The topological polar surface area (TPSA) is 78.9 Å². The molecule has 0 spiro atoms. The second-order valence-corrected chi connectivity index (χ2v) is 4.38. The first-order valence-electron chi connectivity index (χ1n) is 4.87. The van der Waals surface area contributed by atoms with Crippen molar-refractivity contribution in [1.29, 1.82) is 0 Å². The van der Waals surface area contributed by atoms with Crippen LogP contribution in [0.15, 0.2) is 29.9 Å². The van der Waals surface area contributed by atoms with E-state index in [0.29, 0.717) is 16.9 Å². The highest BCUT2D eigenvalue weighted by Crippen LogP contribution is 2.24. The SMILES string of the molecule is O=C(O)c1c[nH]c2ncc(-c3cccs3)nc12. The van der Waals surface area contributed by atoms with Gasteiger partial charge in [0.1, 0.15) is 11.1 Å². The highest BCUT2D eigenvalue weighted by atomic mass is 32.1. The third-order valence-electron chi connectivity index (χ3n) is 2.38. The van der Waals surface area contributed by atoms with Crippen molar-refractivity contribution < 1.29 is 9.90 Å². The third-order valence-corrected chi connectivity index (χ3v) is 3.28. The fraction of sp³-hybridized carbons (Fsp3) is 0. The Morgan fingerprint density at radius 3 is 3.06 bits per heavy atom. The van der Waals surface area contributed by atoms with Gasteiger partial charge in [0.25, 0.3) is 0 Å². The predicted octanol–water partition coefficient (Wildman–Crippen LogP) is 2.38. The van der Waals surface area contributed by atoms with Crippen molar-refractivity contribution in [1.82, 2.24) is 15.0 Å². The predicted molar refractivity (Wildman–Crippen MR) is 64.2 cm³/mol. The van der Waals surface area contributed by atoms with Gasteiger partial charge in [-0.05, 0) is 11.4 Å². The van der Waals surface area contributed by atoms with Gasteiger partial charge in [-0.1, -0.05) is 6.07 Å². The van der Waals surface area contributed by atoms with E-state index in [4.69, 9.17) is 5.11 Å². The molecule has 3 heterocycles. The Morgan fingerprint density at radius 2 is 2.35 bits per heavy atom. The number of nitrogens with one attached hydrogen (secondary N) is 1. The maximum Gasteiger partial charge on any atom is 0.339 e. The number of hydrogen-bond acceptors (Lipinski definition) is 4. The molecule has 0 aliphatic heterocycles. The minimum absolute atomic E-state index is 0.144. The number of rotatable bonds is 2. The molecule has 84 valence electrons. The average molecular weight is 245 g/mol. The van der Waals surface area contributed by atoms with Crippen LogP contribution in [-0.4, -0.2) is 26.0 Å². The highest BCUT2D eigenvalue weighted by molar-refractivity contribution is 7.13. The van der Waals surface area contributed by atoms with Crippen molar-refractivity contribution in [2.24, 2.45) is 0 Å². The number of thiophene rings is 1. The lowest BCUT2D eigenvalue weighted by atomic mass is 10.3. The molecule has 6 heteroatoms. The van der Waals surface area contributed by atoms with Gasteiger partial charge in [-0.3, -0.25) is 0 Å². The van der Waals surface area contributed by atoms with Crippen LogP contribution in [0.3, 0.4) is 0 Å². The molecule has 3 rings (SSSR count). The largest absolute Gasteiger partial charge is 0.478 e. The zero-order valence-corrected chi connectivity index (χ0v) is 9.36. The first kappa shape index (κ1) is 9.98. The van der Waals surface area contributed by atoms with Gasteiger partial charge < -0.3 is 10.1 Å². The Balaban J connectivity index is 2.24. The summed E-state index contributed by atoms with van der Waals surface area (Å²) in [6, 6.07) is 3.84. The van der Waals surface area contributed by atoms with E-state index in [2.05, 4.69) is 15.0 Å². The summed E-state index contributed by atoms with van der Waals surface area (Å²) >= 11 is 1.54. The molecule has 5 nitrogen and oxygen atoms in total. The smallest absolute Gasteiger partial charge is 0.339 e. The van der Waals surface area contributed by atoms with Crippen molar-refractivity contribution in [3.8, 4) is 10.6 Å². The van der Waals surface area contributed by atoms with Crippen LogP contribution in [0.4, 0.5) is 0 Å². The van der Waals surface area contributed by atoms with E-state index in [1.807, 2.05) is 17.5 Å². The lowest BCUT2D eigenvalue weighted by molar-refractivity contribution is 0.0699. The fourth-order valence-electron chi connectivity index (χ4n) is 1.60. The second-order valence-electron chi connectivity index (χ2n) is 3.44. The lowest BCUT2D eigenvalue weighted by Crippen LogP contribution is -1.96. The standard InChI is InChI=1S/C11H7N3O2S/c15-11(16)6-4-12-10-9(6)14-7(5-13-10)8-2-1-3-17-8/h1-5H,(H,12,13)(H,15,16). The summed E-state index contributed by atoms with van der Waals surface area (Å²) in [5, 5.41) is 10.9. The van der Waals surface area contributed by atoms with Gasteiger partial charge in [-0.25, -0.2) is 14.8 Å². The third kappa shape index (κ3) is 1.58. The number of aromatic nitrogens is 3. The van der Waals surface area contributed by atoms with E-state index in [9.17, 15) is 4.79 Å². The number of aromatic carboxylic acids is 1. The van der Waals surface area contributed by atoms with Crippen LogP contribution in [0.1, 0.15) is 10.4 Å². The molecule has 0 aliphatic rings. The molecule has 3 aromatic heterocycles. The number of aromatic amines is 1. The highest BCUT2D eigenvalue weighted by Gasteiger charge is 2.13. The lowest BCUT2D eigenvalue weighted by Gasteiger charge is -1.97. The maximum absolute atomic E-state index is 11.0. The second kappa shape index (κ2) is 3.67. The van der Waals surface area contributed by atoms with Crippen LogP contribution in [0, 0.1) is 0 Å². The monoisotopic (exact) mass is 245 g/mol. The molecule has 0 unspecified atom stereocenters. The molecule has 0 bridgehead atoms. The summed E-state index contributed by atoms with van der Waals surface area (Å²) in [5.74, 6) is -1.01. The van der Waals surface area contributed by atoms with E-state index >= 15 is 0 Å². The number of H-pyrrole nitrogens is 1. The van der Waals surface area contributed by atoms with Crippen LogP contribution in [0.2, 0.25) is 0 Å². The molecular formula is C11H7N3O2S. The summed E-state index contributed by atoms with van der Waals surface area (Å²) in [6.45, 7) is 0. The zero-order chi connectivity index (χ0) is 11.8. The molecule has 0 saturated heterocycles. The van der Waals surface area contributed by atoms with Gasteiger partial charge in [0.15, 0.2) is 5.65 Å². The average Bonchev–Trinajstić information content (AvgIpc) is 2.97. The van der Waals surface area contributed by atoms with Crippen LogP contribution in [-0.2, 0) is 0 Å². The van der Waals surface area contributed by atoms with Crippen molar-refractivity contribution in [3.63, 3.8) is 0 Å². The summed E-state index contributed by atoms with van der Waals surface area (Å²) in [6.07, 6.45) is 3.04. The molecule has 2 N–H and O–H groups in total. The summed E-state index contributed by atoms with van der Waals surface area (Å²) in [5.41, 5.74) is 1.71. The number of fused-ring (bicyclic) bond motifs is 1.